The molecule has 1 rings (SSSR count). The number of nitrogens with zero attached hydrogens (tertiary/aromatic N) is 2. The highest BCUT2D eigenvalue weighted by Crippen LogP contribution is 2.07. The third kappa shape index (κ3) is 3.27. The Labute approximate surface area is 86.2 Å². The van der Waals surface area contributed by atoms with Crippen molar-refractivity contribution in [3.8, 4) is 0 Å². The van der Waals surface area contributed by atoms with E-state index in [-0.39, 0.29) is 11.9 Å². The summed E-state index contributed by atoms with van der Waals surface area (Å²) in [6, 6.07) is 0.0714. The average Bonchev–Trinajstić information content (AvgIpc) is 2.43. The van der Waals surface area contributed by atoms with E-state index in [2.05, 4.69) is 24.3 Å². The number of likely N-dealkylation sites (N-methyl/N-ethyl adjacent to an activating group) is 1. The largest absolute Gasteiger partial charge is 0.344 e. The lowest BCUT2D eigenvalue weighted by molar-refractivity contribution is -0.128. The minimum Gasteiger partial charge on any atom is -0.344 e. The van der Waals surface area contributed by atoms with Gasteiger partial charge in [-0.2, -0.15) is 0 Å². The zero-order chi connectivity index (χ0) is 10.6. The van der Waals surface area contributed by atoms with Crippen molar-refractivity contribution in [1.29, 1.82) is 0 Å². The van der Waals surface area contributed by atoms with Crippen molar-refractivity contribution in [2.24, 2.45) is 0 Å². The Morgan fingerprint density at radius 3 is 2.79 bits per heavy atom. The predicted molar refractivity (Wildman–Crippen MR) is 57.2 cm³/mol. The molecule has 0 aromatic carbocycles. The molecule has 14 heavy (non-hydrogen) atoms. The molecule has 0 aliphatic carbocycles. The first-order valence-corrected chi connectivity index (χ1v) is 5.24. The molecule has 82 valence electrons. The van der Waals surface area contributed by atoms with E-state index >= 15 is 0 Å². The molecule has 0 saturated carbocycles. The molecule has 4 heteroatoms. The number of nitrogens with one attached hydrogen (secondary N) is 1. The fourth-order valence-electron chi connectivity index (χ4n) is 1.68. The second-order valence-electron chi connectivity index (χ2n) is 4.21. The van der Waals surface area contributed by atoms with E-state index in [0.717, 1.165) is 32.5 Å². The molecule has 1 heterocycles. The molecule has 0 radical (unpaired) electrons. The molecule has 1 N–H and O–H groups in total. The van der Waals surface area contributed by atoms with Crippen LogP contribution in [-0.2, 0) is 4.79 Å². The molecule has 0 bridgehead atoms. The SMILES string of the molecule is CN(C)CCCNC1CCN(C)C1=O. The van der Waals surface area contributed by atoms with E-state index in [9.17, 15) is 4.79 Å². The van der Waals surface area contributed by atoms with Gasteiger partial charge in [0.15, 0.2) is 0 Å². The summed E-state index contributed by atoms with van der Waals surface area (Å²) < 4.78 is 0. The molecule has 0 spiro atoms. The average molecular weight is 199 g/mol. The molecule has 0 aromatic heterocycles. The van der Waals surface area contributed by atoms with Crippen molar-refractivity contribution in [3.63, 3.8) is 0 Å². The van der Waals surface area contributed by atoms with Crippen LogP contribution in [0, 0.1) is 0 Å². The number of carbonyl (C=O) groups is 1. The number of amides is 1. The summed E-state index contributed by atoms with van der Waals surface area (Å²) in [5, 5.41) is 3.30. The molecule has 1 aliphatic rings. The third-order valence-corrected chi connectivity index (χ3v) is 2.60. The Kier molecular flexibility index (Phi) is 4.35. The van der Waals surface area contributed by atoms with Gasteiger partial charge in [0.2, 0.25) is 5.91 Å². The fraction of sp³-hybridized carbons (Fsp3) is 0.900. The van der Waals surface area contributed by atoms with Crippen LogP contribution in [0.2, 0.25) is 0 Å². The van der Waals surface area contributed by atoms with Crippen molar-refractivity contribution in [1.82, 2.24) is 15.1 Å². The van der Waals surface area contributed by atoms with Crippen LogP contribution >= 0.6 is 0 Å². The Bertz CT molecular complexity index is 194. The highest BCUT2D eigenvalue weighted by Gasteiger charge is 2.27. The molecule has 1 saturated heterocycles. The highest BCUT2D eigenvalue weighted by atomic mass is 16.2. The molecule has 4 nitrogen and oxygen atoms in total. The summed E-state index contributed by atoms with van der Waals surface area (Å²) in [7, 11) is 5.99. The third-order valence-electron chi connectivity index (χ3n) is 2.60. The zero-order valence-corrected chi connectivity index (χ0v) is 9.42. The maximum absolute atomic E-state index is 11.5. The Morgan fingerprint density at radius 2 is 2.29 bits per heavy atom. The number of hydrogen-bond donors (Lipinski definition) is 1. The number of rotatable bonds is 5. The quantitative estimate of drug-likeness (QED) is 0.621. The van der Waals surface area contributed by atoms with Gasteiger partial charge in [0, 0.05) is 13.6 Å². The second-order valence-corrected chi connectivity index (χ2v) is 4.21. The molecule has 1 amide bonds. The van der Waals surface area contributed by atoms with Crippen LogP contribution in [0.25, 0.3) is 0 Å². The van der Waals surface area contributed by atoms with Gasteiger partial charge in [-0.1, -0.05) is 0 Å². The first-order valence-electron chi connectivity index (χ1n) is 5.24. The van der Waals surface area contributed by atoms with Crippen molar-refractivity contribution >= 4 is 5.91 Å². The van der Waals surface area contributed by atoms with Gasteiger partial charge < -0.3 is 15.1 Å². The van der Waals surface area contributed by atoms with Crippen molar-refractivity contribution in [3.05, 3.63) is 0 Å². The minimum absolute atomic E-state index is 0.0714. The van der Waals surface area contributed by atoms with Crippen LogP contribution in [0.3, 0.4) is 0 Å². The van der Waals surface area contributed by atoms with Crippen LogP contribution in [0.1, 0.15) is 12.8 Å². The normalized spacial score (nSPS) is 22.4. The molecular weight excluding hydrogens is 178 g/mol. The minimum atomic E-state index is 0.0714. The van der Waals surface area contributed by atoms with Gasteiger partial charge in [-0.15, -0.1) is 0 Å². The van der Waals surface area contributed by atoms with Gasteiger partial charge in [0.05, 0.1) is 6.04 Å². The van der Waals surface area contributed by atoms with E-state index in [4.69, 9.17) is 0 Å². The standard InChI is InChI=1S/C10H21N3O/c1-12(2)7-4-6-11-9-5-8-13(3)10(9)14/h9,11H,4-8H2,1-3H3. The van der Waals surface area contributed by atoms with Crippen LogP contribution in [0.5, 0.6) is 0 Å². The summed E-state index contributed by atoms with van der Waals surface area (Å²) in [6.07, 6.45) is 2.05. The Hall–Kier alpha value is -0.610. The van der Waals surface area contributed by atoms with Crippen LogP contribution < -0.4 is 5.32 Å². The maximum Gasteiger partial charge on any atom is 0.239 e. The van der Waals surface area contributed by atoms with Gasteiger partial charge in [0.25, 0.3) is 0 Å². The zero-order valence-electron chi connectivity index (χ0n) is 9.42. The summed E-state index contributed by atoms with van der Waals surface area (Å²) in [6.45, 7) is 2.90. The van der Waals surface area contributed by atoms with Gasteiger partial charge in [0.1, 0.15) is 0 Å². The molecule has 1 atom stereocenters. The van der Waals surface area contributed by atoms with Gasteiger partial charge in [-0.3, -0.25) is 4.79 Å². The second kappa shape index (κ2) is 5.32. The van der Waals surface area contributed by atoms with Crippen LogP contribution in [0.4, 0.5) is 0 Å². The molecule has 1 fully saturated rings. The topological polar surface area (TPSA) is 35.6 Å². The van der Waals surface area contributed by atoms with Crippen LogP contribution in [0.15, 0.2) is 0 Å². The molecular formula is C10H21N3O. The molecule has 1 aliphatic heterocycles. The smallest absolute Gasteiger partial charge is 0.239 e. The Morgan fingerprint density at radius 1 is 1.57 bits per heavy atom. The number of carbonyl (C=O) groups excluding carboxylic acids is 1. The molecule has 1 unspecified atom stereocenters. The van der Waals surface area contributed by atoms with E-state index in [0.29, 0.717) is 0 Å². The maximum atomic E-state index is 11.5. The van der Waals surface area contributed by atoms with E-state index in [1.165, 1.54) is 0 Å². The summed E-state index contributed by atoms with van der Waals surface area (Å²) in [5.74, 6) is 0.245. The van der Waals surface area contributed by atoms with Gasteiger partial charge in [-0.05, 0) is 40.0 Å². The predicted octanol–water partition coefficient (Wildman–Crippen LogP) is -0.242. The summed E-state index contributed by atoms with van der Waals surface area (Å²) >= 11 is 0. The Balaban J connectivity index is 2.10. The van der Waals surface area contributed by atoms with Crippen LogP contribution in [-0.4, -0.2) is 62.5 Å². The first kappa shape index (κ1) is 11.5. The number of likely N-dealkylation sites (tertiary alicyclic amines) is 1. The van der Waals surface area contributed by atoms with E-state index in [1.54, 1.807) is 4.90 Å². The van der Waals surface area contributed by atoms with Crippen molar-refractivity contribution < 1.29 is 4.79 Å². The summed E-state index contributed by atoms with van der Waals surface area (Å²) in [4.78, 5) is 15.4. The lowest BCUT2D eigenvalue weighted by atomic mass is 10.2. The van der Waals surface area contributed by atoms with Crippen molar-refractivity contribution in [2.45, 2.75) is 18.9 Å². The van der Waals surface area contributed by atoms with Gasteiger partial charge >= 0.3 is 0 Å². The van der Waals surface area contributed by atoms with E-state index in [1.807, 2.05) is 7.05 Å². The van der Waals surface area contributed by atoms with Crippen molar-refractivity contribution in [2.75, 3.05) is 40.8 Å². The van der Waals surface area contributed by atoms with E-state index < -0.39 is 0 Å². The number of hydrogen-bond acceptors (Lipinski definition) is 3. The fourth-order valence-corrected chi connectivity index (χ4v) is 1.68. The molecule has 0 aromatic rings. The van der Waals surface area contributed by atoms with Gasteiger partial charge in [-0.25, -0.2) is 0 Å². The lowest BCUT2D eigenvalue weighted by Crippen LogP contribution is -2.38. The highest BCUT2D eigenvalue weighted by molar-refractivity contribution is 5.83. The monoisotopic (exact) mass is 199 g/mol. The summed E-state index contributed by atoms with van der Waals surface area (Å²) in [5.41, 5.74) is 0. The first-order chi connectivity index (χ1) is 6.61. The lowest BCUT2D eigenvalue weighted by Gasteiger charge is -2.13.